The number of rotatable bonds is 6. The van der Waals surface area contributed by atoms with Crippen LogP contribution in [0.4, 0.5) is 0 Å². The van der Waals surface area contributed by atoms with Crippen molar-refractivity contribution in [3.63, 3.8) is 0 Å². The summed E-state index contributed by atoms with van der Waals surface area (Å²) >= 11 is 0. The van der Waals surface area contributed by atoms with E-state index in [2.05, 4.69) is 16.6 Å². The third-order valence-corrected chi connectivity index (χ3v) is 2.19. The molecule has 4 heteroatoms. The van der Waals surface area contributed by atoms with Gasteiger partial charge in [0.25, 0.3) is 5.91 Å². The fraction of sp³-hybridized carbons (Fsp3) is 0.250. The third-order valence-electron chi connectivity index (χ3n) is 2.19. The predicted octanol–water partition coefficient (Wildman–Crippen LogP) is 2.81. The lowest BCUT2D eigenvalue weighted by Gasteiger charge is -2.07. The molecule has 0 rings (SSSR count). The minimum absolute atomic E-state index is 0.0759. The minimum Gasteiger partial charge on any atom is -0.464 e. The number of methoxy groups -OCH3 is 1. The van der Waals surface area contributed by atoms with Gasteiger partial charge in [0, 0.05) is 5.57 Å². The summed E-state index contributed by atoms with van der Waals surface area (Å²) in [6, 6.07) is 0. The first-order chi connectivity index (χ1) is 9.46. The number of hydrogen-bond donors (Lipinski definition) is 1. The highest BCUT2D eigenvalue weighted by Crippen LogP contribution is 2.02. The van der Waals surface area contributed by atoms with Gasteiger partial charge in [0.05, 0.1) is 7.11 Å². The molecule has 0 aliphatic carbocycles. The number of amides is 1. The van der Waals surface area contributed by atoms with Crippen LogP contribution < -0.4 is 5.32 Å². The summed E-state index contributed by atoms with van der Waals surface area (Å²) in [7, 11) is 1.26. The van der Waals surface area contributed by atoms with Crippen molar-refractivity contribution in [1.29, 1.82) is 0 Å². The average Bonchev–Trinajstić information content (AvgIpc) is 2.43. The summed E-state index contributed by atoms with van der Waals surface area (Å²) in [5, 5.41) is 2.51. The van der Waals surface area contributed by atoms with Gasteiger partial charge in [-0.15, -0.1) is 0 Å². The maximum atomic E-state index is 12.0. The predicted molar refractivity (Wildman–Crippen MR) is 80.8 cm³/mol. The van der Waals surface area contributed by atoms with E-state index >= 15 is 0 Å². The Morgan fingerprint density at radius 3 is 2.25 bits per heavy atom. The summed E-state index contributed by atoms with van der Waals surface area (Å²) in [6.07, 6.45) is 9.76. The number of esters is 1. The van der Waals surface area contributed by atoms with E-state index in [0.29, 0.717) is 5.57 Å². The van der Waals surface area contributed by atoms with E-state index in [0.717, 1.165) is 5.57 Å². The highest BCUT2D eigenvalue weighted by molar-refractivity contribution is 6.02. The average molecular weight is 275 g/mol. The molecule has 20 heavy (non-hydrogen) atoms. The summed E-state index contributed by atoms with van der Waals surface area (Å²) in [5.41, 5.74) is 1.43. The zero-order valence-electron chi connectivity index (χ0n) is 12.4. The quantitative estimate of drug-likeness (QED) is 0.461. The highest BCUT2D eigenvalue weighted by atomic mass is 16.5. The van der Waals surface area contributed by atoms with E-state index in [4.69, 9.17) is 0 Å². The lowest BCUT2D eigenvalue weighted by Crippen LogP contribution is -2.28. The minimum atomic E-state index is -0.606. The van der Waals surface area contributed by atoms with E-state index < -0.39 is 11.9 Å². The first-order valence-electron chi connectivity index (χ1n) is 6.16. The van der Waals surface area contributed by atoms with Gasteiger partial charge in [-0.2, -0.15) is 0 Å². The van der Waals surface area contributed by atoms with Crippen LogP contribution in [0.1, 0.15) is 20.8 Å². The molecule has 0 unspecified atom stereocenters. The molecule has 0 bridgehead atoms. The molecule has 4 nitrogen and oxygen atoms in total. The molecular weight excluding hydrogens is 254 g/mol. The second kappa shape index (κ2) is 9.55. The van der Waals surface area contributed by atoms with E-state index in [1.807, 2.05) is 20.8 Å². The fourth-order valence-electron chi connectivity index (χ4n) is 1.15. The van der Waals surface area contributed by atoms with Crippen LogP contribution in [0.3, 0.4) is 0 Å². The van der Waals surface area contributed by atoms with Crippen LogP contribution in [-0.2, 0) is 14.3 Å². The van der Waals surface area contributed by atoms with Gasteiger partial charge >= 0.3 is 5.97 Å². The lowest BCUT2D eigenvalue weighted by molar-refractivity contribution is -0.137. The van der Waals surface area contributed by atoms with Gasteiger partial charge in [0.1, 0.15) is 5.70 Å². The smallest absolute Gasteiger partial charge is 0.354 e. The third kappa shape index (κ3) is 6.54. The molecule has 1 amide bonds. The molecule has 0 aliphatic rings. The van der Waals surface area contributed by atoms with Crippen LogP contribution in [0.5, 0.6) is 0 Å². The zero-order chi connectivity index (χ0) is 15.5. The Bertz CT molecular complexity index is 490. The van der Waals surface area contributed by atoms with Crippen molar-refractivity contribution < 1.29 is 14.3 Å². The second-order valence-electron chi connectivity index (χ2n) is 4.12. The van der Waals surface area contributed by atoms with Gasteiger partial charge in [-0.05, 0) is 32.9 Å². The molecular formula is C16H21NO3. The standard InChI is InChI=1S/C16H21NO3/c1-6-8-9-13(7-2)15(18)17-14(16(19)20-5)11-10-12(3)4/h6-11H,2H2,1,3-5H3,(H,17,18)/b8-6-,13-9+,14-11-. The van der Waals surface area contributed by atoms with Gasteiger partial charge < -0.3 is 10.1 Å². The van der Waals surface area contributed by atoms with E-state index in [1.165, 1.54) is 19.3 Å². The van der Waals surface area contributed by atoms with Gasteiger partial charge in [-0.25, -0.2) is 4.79 Å². The molecule has 1 N–H and O–H groups in total. The molecule has 0 radical (unpaired) electrons. The summed E-state index contributed by atoms with van der Waals surface area (Å²) < 4.78 is 4.63. The SMILES string of the molecule is C=C/C(=C\C=C/C)C(=O)N/C(=C\C=C(C)C)C(=O)OC. The molecule has 0 spiro atoms. The number of hydrogen-bond acceptors (Lipinski definition) is 3. The topological polar surface area (TPSA) is 55.4 Å². The summed E-state index contributed by atoms with van der Waals surface area (Å²) in [4.78, 5) is 23.6. The Labute approximate surface area is 120 Å². The first-order valence-corrected chi connectivity index (χ1v) is 6.16. The summed E-state index contributed by atoms with van der Waals surface area (Å²) in [5.74, 6) is -1.03. The Balaban J connectivity index is 5.22. The van der Waals surface area contributed by atoms with Crippen molar-refractivity contribution in [3.8, 4) is 0 Å². The first kappa shape index (κ1) is 17.6. The molecule has 0 aromatic carbocycles. The van der Waals surface area contributed by atoms with Crippen molar-refractivity contribution in [2.75, 3.05) is 7.11 Å². The molecule has 0 aromatic rings. The Kier molecular flexibility index (Phi) is 8.43. The van der Waals surface area contributed by atoms with Gasteiger partial charge in [0.2, 0.25) is 0 Å². The maximum Gasteiger partial charge on any atom is 0.354 e. The second-order valence-corrected chi connectivity index (χ2v) is 4.12. The zero-order valence-corrected chi connectivity index (χ0v) is 12.4. The Morgan fingerprint density at radius 2 is 1.80 bits per heavy atom. The molecule has 0 heterocycles. The van der Waals surface area contributed by atoms with Crippen LogP contribution in [0.2, 0.25) is 0 Å². The van der Waals surface area contributed by atoms with Gasteiger partial charge in [0.15, 0.2) is 0 Å². The number of allylic oxidation sites excluding steroid dienone is 6. The Hall–Kier alpha value is -2.36. The number of carbonyl (C=O) groups is 2. The fourth-order valence-corrected chi connectivity index (χ4v) is 1.15. The molecule has 0 fully saturated rings. The van der Waals surface area contributed by atoms with Crippen LogP contribution in [0.25, 0.3) is 0 Å². The lowest BCUT2D eigenvalue weighted by atomic mass is 10.2. The molecule has 0 saturated heterocycles. The van der Waals surface area contributed by atoms with Crippen LogP contribution in [-0.4, -0.2) is 19.0 Å². The van der Waals surface area contributed by atoms with Crippen LogP contribution in [0.15, 0.2) is 59.9 Å². The van der Waals surface area contributed by atoms with E-state index in [-0.39, 0.29) is 5.70 Å². The van der Waals surface area contributed by atoms with E-state index in [1.54, 1.807) is 24.3 Å². The highest BCUT2D eigenvalue weighted by Gasteiger charge is 2.14. The van der Waals surface area contributed by atoms with Crippen molar-refractivity contribution in [2.24, 2.45) is 0 Å². The van der Waals surface area contributed by atoms with Crippen molar-refractivity contribution >= 4 is 11.9 Å². The van der Waals surface area contributed by atoms with Crippen LogP contribution in [0, 0.1) is 0 Å². The van der Waals surface area contributed by atoms with Crippen LogP contribution >= 0.6 is 0 Å². The monoisotopic (exact) mass is 275 g/mol. The van der Waals surface area contributed by atoms with Crippen molar-refractivity contribution in [1.82, 2.24) is 5.32 Å². The molecule has 0 saturated carbocycles. The van der Waals surface area contributed by atoms with Gasteiger partial charge in [-0.1, -0.05) is 36.5 Å². The van der Waals surface area contributed by atoms with E-state index in [9.17, 15) is 9.59 Å². The van der Waals surface area contributed by atoms with Crippen molar-refractivity contribution in [2.45, 2.75) is 20.8 Å². The molecule has 0 aliphatic heterocycles. The largest absolute Gasteiger partial charge is 0.464 e. The number of carbonyl (C=O) groups excluding carboxylic acids is 2. The molecule has 108 valence electrons. The summed E-state index contributed by atoms with van der Waals surface area (Å²) in [6.45, 7) is 9.17. The maximum absolute atomic E-state index is 12.0. The number of ether oxygens (including phenoxy) is 1. The van der Waals surface area contributed by atoms with Crippen molar-refractivity contribution in [3.05, 3.63) is 59.9 Å². The van der Waals surface area contributed by atoms with Gasteiger partial charge in [-0.3, -0.25) is 4.79 Å². The number of nitrogens with one attached hydrogen (secondary N) is 1. The Morgan fingerprint density at radius 1 is 1.15 bits per heavy atom. The molecule has 0 atom stereocenters. The normalized spacial score (nSPS) is 12.0. The molecule has 0 aromatic heterocycles.